The average Bonchev–Trinajstić information content (AvgIpc) is 3.01. The number of aromatic nitrogens is 4. The lowest BCUT2D eigenvalue weighted by Crippen LogP contribution is -2.18. The van der Waals surface area contributed by atoms with Crippen LogP contribution in [0.3, 0.4) is 0 Å². The van der Waals surface area contributed by atoms with Crippen LogP contribution in [0.15, 0.2) is 24.3 Å². The van der Waals surface area contributed by atoms with Crippen molar-refractivity contribution in [2.45, 2.75) is 46.2 Å². The van der Waals surface area contributed by atoms with E-state index in [4.69, 9.17) is 0 Å². The van der Waals surface area contributed by atoms with Crippen molar-refractivity contribution in [2.24, 2.45) is 0 Å². The van der Waals surface area contributed by atoms with Gasteiger partial charge in [-0.05, 0) is 38.5 Å². The molecule has 0 saturated carbocycles. The maximum atomic E-state index is 12.8. The zero-order chi connectivity index (χ0) is 20.5. The number of alkyl halides is 3. The van der Waals surface area contributed by atoms with Crippen molar-refractivity contribution in [1.82, 2.24) is 19.6 Å². The van der Waals surface area contributed by atoms with E-state index in [1.807, 2.05) is 13.8 Å². The van der Waals surface area contributed by atoms with Crippen LogP contribution in [0.1, 0.15) is 41.7 Å². The SMILES string of the molecule is CCCc1nc2nc(C)c(CC(=O)Nc3cccc(C(F)(F)F)c3)c(C)n2n1. The number of hydrogen-bond donors (Lipinski definition) is 1. The standard InChI is InChI=1S/C19H20F3N5O/c1-4-6-16-25-18-23-11(2)15(12(3)27(18)26-16)10-17(28)24-14-8-5-7-13(9-14)19(20,21)22/h5,7-9H,4,6,10H2,1-3H3,(H,24,28). The van der Waals surface area contributed by atoms with Crippen molar-refractivity contribution in [3.05, 3.63) is 52.6 Å². The van der Waals surface area contributed by atoms with Crippen LogP contribution in [0.5, 0.6) is 0 Å². The van der Waals surface area contributed by atoms with E-state index < -0.39 is 17.6 Å². The number of carbonyl (C=O) groups excluding carboxylic acids is 1. The highest BCUT2D eigenvalue weighted by atomic mass is 19.4. The second-order valence-corrected chi connectivity index (χ2v) is 6.55. The predicted octanol–water partition coefficient (Wildman–Crippen LogP) is 3.89. The van der Waals surface area contributed by atoms with Crippen molar-refractivity contribution in [3.8, 4) is 0 Å². The molecule has 1 aromatic carbocycles. The van der Waals surface area contributed by atoms with Crippen LogP contribution in [0.2, 0.25) is 0 Å². The Kier molecular flexibility index (Phi) is 5.35. The number of hydrogen-bond acceptors (Lipinski definition) is 4. The van der Waals surface area contributed by atoms with Gasteiger partial charge in [0.25, 0.3) is 5.78 Å². The van der Waals surface area contributed by atoms with Crippen molar-refractivity contribution < 1.29 is 18.0 Å². The molecule has 0 atom stereocenters. The maximum Gasteiger partial charge on any atom is 0.416 e. The maximum absolute atomic E-state index is 12.8. The minimum atomic E-state index is -4.47. The molecule has 0 aliphatic heterocycles. The Morgan fingerprint density at radius 2 is 1.96 bits per heavy atom. The normalized spacial score (nSPS) is 11.8. The van der Waals surface area contributed by atoms with Crippen LogP contribution in [-0.2, 0) is 23.8 Å². The molecule has 1 amide bonds. The number of nitrogens with one attached hydrogen (secondary N) is 1. The topological polar surface area (TPSA) is 72.2 Å². The molecule has 0 unspecified atom stereocenters. The van der Waals surface area contributed by atoms with Gasteiger partial charge in [0.15, 0.2) is 5.82 Å². The first-order valence-electron chi connectivity index (χ1n) is 8.88. The number of anilines is 1. The molecule has 0 bridgehead atoms. The molecule has 2 aromatic heterocycles. The summed E-state index contributed by atoms with van der Waals surface area (Å²) in [5.41, 5.74) is 1.32. The monoisotopic (exact) mass is 391 g/mol. The molecule has 0 aliphatic carbocycles. The number of nitrogens with zero attached hydrogens (tertiary/aromatic N) is 4. The fraction of sp³-hybridized carbons (Fsp3) is 0.368. The van der Waals surface area contributed by atoms with Gasteiger partial charge in [-0.2, -0.15) is 18.2 Å². The minimum Gasteiger partial charge on any atom is -0.326 e. The van der Waals surface area contributed by atoms with E-state index in [1.54, 1.807) is 11.4 Å². The summed E-state index contributed by atoms with van der Waals surface area (Å²) in [6, 6.07) is 4.55. The lowest BCUT2D eigenvalue weighted by atomic mass is 10.1. The summed E-state index contributed by atoms with van der Waals surface area (Å²) in [6.45, 7) is 5.62. The molecule has 0 aliphatic rings. The molecular formula is C19H20F3N5O. The number of fused-ring (bicyclic) bond motifs is 1. The molecule has 0 saturated heterocycles. The number of halogens is 3. The van der Waals surface area contributed by atoms with E-state index >= 15 is 0 Å². The van der Waals surface area contributed by atoms with Crippen molar-refractivity contribution in [2.75, 3.05) is 5.32 Å². The van der Waals surface area contributed by atoms with E-state index in [1.165, 1.54) is 12.1 Å². The molecule has 6 nitrogen and oxygen atoms in total. The first-order valence-corrected chi connectivity index (χ1v) is 8.88. The third kappa shape index (κ3) is 4.13. The molecule has 3 rings (SSSR count). The number of benzene rings is 1. The van der Waals surface area contributed by atoms with E-state index in [9.17, 15) is 18.0 Å². The molecular weight excluding hydrogens is 371 g/mol. The van der Waals surface area contributed by atoms with Gasteiger partial charge in [0.1, 0.15) is 0 Å². The van der Waals surface area contributed by atoms with Gasteiger partial charge >= 0.3 is 6.18 Å². The first-order chi connectivity index (χ1) is 13.2. The van der Waals surface area contributed by atoms with Crippen LogP contribution in [0, 0.1) is 13.8 Å². The highest BCUT2D eigenvalue weighted by Crippen LogP contribution is 2.30. The molecule has 0 spiro atoms. The minimum absolute atomic E-state index is 0.0280. The molecule has 9 heteroatoms. The second kappa shape index (κ2) is 7.57. The Morgan fingerprint density at radius 3 is 2.64 bits per heavy atom. The summed E-state index contributed by atoms with van der Waals surface area (Å²) in [6.07, 6.45) is -2.86. The Hall–Kier alpha value is -2.97. The third-order valence-corrected chi connectivity index (χ3v) is 4.38. The van der Waals surface area contributed by atoms with Gasteiger partial charge in [-0.15, -0.1) is 5.10 Å². The number of carbonyl (C=O) groups is 1. The largest absolute Gasteiger partial charge is 0.416 e. The molecule has 148 valence electrons. The Bertz CT molecular complexity index is 1030. The van der Waals surface area contributed by atoms with Crippen molar-refractivity contribution in [3.63, 3.8) is 0 Å². The quantitative estimate of drug-likeness (QED) is 0.716. The van der Waals surface area contributed by atoms with E-state index in [2.05, 4.69) is 20.4 Å². The van der Waals surface area contributed by atoms with Gasteiger partial charge in [0, 0.05) is 29.1 Å². The van der Waals surface area contributed by atoms with Gasteiger partial charge in [-0.25, -0.2) is 9.50 Å². The third-order valence-electron chi connectivity index (χ3n) is 4.38. The molecule has 28 heavy (non-hydrogen) atoms. The summed E-state index contributed by atoms with van der Waals surface area (Å²) < 4.78 is 40.1. The van der Waals surface area contributed by atoms with Crippen LogP contribution in [-0.4, -0.2) is 25.5 Å². The average molecular weight is 391 g/mol. The van der Waals surface area contributed by atoms with Gasteiger partial charge in [0.05, 0.1) is 12.0 Å². The van der Waals surface area contributed by atoms with Crippen molar-refractivity contribution in [1.29, 1.82) is 0 Å². The predicted molar refractivity (Wildman–Crippen MR) is 98.0 cm³/mol. The molecule has 3 aromatic rings. The number of aryl methyl sites for hydroxylation is 3. The van der Waals surface area contributed by atoms with E-state index in [-0.39, 0.29) is 12.1 Å². The van der Waals surface area contributed by atoms with E-state index in [0.29, 0.717) is 22.9 Å². The smallest absolute Gasteiger partial charge is 0.326 e. The van der Waals surface area contributed by atoms with Gasteiger partial charge in [-0.1, -0.05) is 13.0 Å². The highest BCUT2D eigenvalue weighted by molar-refractivity contribution is 5.92. The highest BCUT2D eigenvalue weighted by Gasteiger charge is 2.30. The van der Waals surface area contributed by atoms with Gasteiger partial charge in [0.2, 0.25) is 5.91 Å². The lowest BCUT2D eigenvalue weighted by Gasteiger charge is -2.12. The van der Waals surface area contributed by atoms with Crippen LogP contribution in [0.25, 0.3) is 5.78 Å². The molecule has 0 radical (unpaired) electrons. The fourth-order valence-electron chi connectivity index (χ4n) is 2.97. The zero-order valence-corrected chi connectivity index (χ0v) is 15.8. The summed E-state index contributed by atoms with van der Waals surface area (Å²) in [7, 11) is 0. The summed E-state index contributed by atoms with van der Waals surface area (Å²) in [4.78, 5) is 21.2. The summed E-state index contributed by atoms with van der Waals surface area (Å²) in [5, 5.41) is 6.94. The Balaban J connectivity index is 1.83. The fourth-order valence-corrected chi connectivity index (χ4v) is 2.97. The second-order valence-electron chi connectivity index (χ2n) is 6.55. The van der Waals surface area contributed by atoms with E-state index in [0.717, 1.165) is 30.7 Å². The lowest BCUT2D eigenvalue weighted by molar-refractivity contribution is -0.137. The van der Waals surface area contributed by atoms with Crippen LogP contribution < -0.4 is 5.32 Å². The van der Waals surface area contributed by atoms with Crippen LogP contribution in [0.4, 0.5) is 18.9 Å². The van der Waals surface area contributed by atoms with Gasteiger partial charge < -0.3 is 5.32 Å². The molecule has 1 N–H and O–H groups in total. The Morgan fingerprint density at radius 1 is 1.21 bits per heavy atom. The van der Waals surface area contributed by atoms with Crippen LogP contribution >= 0.6 is 0 Å². The Labute approximate surface area is 159 Å². The number of rotatable bonds is 5. The van der Waals surface area contributed by atoms with Crippen molar-refractivity contribution >= 4 is 17.4 Å². The molecule has 0 fully saturated rings. The summed E-state index contributed by atoms with van der Waals surface area (Å²) >= 11 is 0. The van der Waals surface area contributed by atoms with Gasteiger partial charge in [-0.3, -0.25) is 4.79 Å². The number of amides is 1. The molecule has 2 heterocycles. The summed E-state index contributed by atoms with van der Waals surface area (Å²) in [5.74, 6) is 0.726. The zero-order valence-electron chi connectivity index (χ0n) is 15.8. The first kappa shape index (κ1) is 19.8.